The summed E-state index contributed by atoms with van der Waals surface area (Å²) in [6.07, 6.45) is -4.96. The summed E-state index contributed by atoms with van der Waals surface area (Å²) in [6, 6.07) is 9.23. The minimum Gasteiger partial charge on any atom is -0.434 e. The summed E-state index contributed by atoms with van der Waals surface area (Å²) in [6.45, 7) is 3.67. The highest BCUT2D eigenvalue weighted by Gasteiger charge is 2.38. The van der Waals surface area contributed by atoms with E-state index >= 15 is 0 Å². The third kappa shape index (κ3) is 5.47. The Hall–Kier alpha value is -0.636. The molecule has 2 atom stereocenters. The maximum atomic E-state index is 12.5. The van der Waals surface area contributed by atoms with E-state index in [0.717, 1.165) is 5.19 Å². The summed E-state index contributed by atoms with van der Waals surface area (Å²) in [4.78, 5) is 0. The fourth-order valence-electron chi connectivity index (χ4n) is 1.86. The molecule has 0 aromatic heterocycles. The monoisotopic (exact) mass is 308 g/mol. The van der Waals surface area contributed by atoms with Gasteiger partial charge in [0.25, 0.3) is 0 Å². The average Bonchev–Trinajstić information content (AvgIpc) is 2.36. The molecule has 0 amide bonds. The van der Waals surface area contributed by atoms with Crippen LogP contribution in [0.15, 0.2) is 30.3 Å². The van der Waals surface area contributed by atoms with E-state index in [1.807, 2.05) is 43.4 Å². The van der Waals surface area contributed by atoms with E-state index in [0.29, 0.717) is 0 Å². The Morgan fingerprint density at radius 3 is 2.26 bits per heavy atom. The first-order valence-electron chi connectivity index (χ1n) is 6.10. The van der Waals surface area contributed by atoms with Gasteiger partial charge in [-0.3, -0.25) is 0 Å². The van der Waals surface area contributed by atoms with Crippen LogP contribution < -0.4 is 5.19 Å². The van der Waals surface area contributed by atoms with Gasteiger partial charge in [-0.1, -0.05) is 30.3 Å². The summed E-state index contributed by atoms with van der Waals surface area (Å²) >= 11 is 0. The zero-order valence-corrected chi connectivity index (χ0v) is 13.5. The highest BCUT2D eigenvalue weighted by Crippen LogP contribution is 2.27. The Kier molecular flexibility index (Phi) is 5.78. The Labute approximate surface area is 114 Å². The van der Waals surface area contributed by atoms with Crippen molar-refractivity contribution in [3.8, 4) is 0 Å². The summed E-state index contributed by atoms with van der Waals surface area (Å²) < 4.78 is 48.5. The van der Waals surface area contributed by atoms with Crippen molar-refractivity contribution in [3.05, 3.63) is 30.3 Å². The minimum atomic E-state index is -4.15. The van der Waals surface area contributed by atoms with Crippen molar-refractivity contribution in [1.82, 2.24) is 0 Å². The molecule has 108 valence electrons. The maximum absolute atomic E-state index is 12.5. The van der Waals surface area contributed by atoms with Crippen molar-refractivity contribution < 1.29 is 21.7 Å². The molecule has 2 nitrogen and oxygen atoms in total. The van der Waals surface area contributed by atoms with Crippen LogP contribution in [-0.4, -0.2) is 30.9 Å². The van der Waals surface area contributed by atoms with Crippen LogP contribution in [0, 0.1) is 0 Å². The second-order valence-corrected chi connectivity index (χ2v) is 10.7. The van der Waals surface area contributed by atoms with Gasteiger partial charge in [0, 0.05) is 13.5 Å². The van der Waals surface area contributed by atoms with E-state index in [9.17, 15) is 13.2 Å². The SMILES string of the molecule is CO[SiH](C)O[Si](C)(CCC(F)(F)F)c1ccccc1. The molecule has 2 unspecified atom stereocenters. The standard InChI is InChI=1S/C12H19F3O2Si2/c1-16-18(2)17-19(3,10-9-12(13,14)15)11-7-5-4-6-8-11/h4-8,18H,9-10H2,1-3H3. The molecule has 1 aromatic rings. The normalized spacial score (nSPS) is 16.9. The van der Waals surface area contributed by atoms with E-state index in [1.165, 1.54) is 0 Å². The molecule has 0 aliphatic carbocycles. The van der Waals surface area contributed by atoms with Crippen molar-refractivity contribution in [2.24, 2.45) is 0 Å². The highest BCUT2D eigenvalue weighted by atomic mass is 28.4. The lowest BCUT2D eigenvalue weighted by molar-refractivity contribution is -0.131. The molecule has 0 aliphatic heterocycles. The zero-order valence-electron chi connectivity index (χ0n) is 11.3. The van der Waals surface area contributed by atoms with Gasteiger partial charge in [0.2, 0.25) is 8.32 Å². The van der Waals surface area contributed by atoms with Gasteiger partial charge in [-0.25, -0.2) is 0 Å². The molecule has 0 aliphatic rings. The molecule has 0 spiro atoms. The second-order valence-electron chi connectivity index (χ2n) is 4.63. The van der Waals surface area contributed by atoms with Gasteiger partial charge in [-0.15, -0.1) is 0 Å². The number of halogens is 3. The lowest BCUT2D eigenvalue weighted by Crippen LogP contribution is -2.51. The second kappa shape index (κ2) is 6.69. The molecule has 0 N–H and O–H groups in total. The number of alkyl halides is 3. The molecule has 0 bridgehead atoms. The predicted molar refractivity (Wildman–Crippen MR) is 74.3 cm³/mol. The smallest absolute Gasteiger partial charge is 0.388 e. The topological polar surface area (TPSA) is 18.5 Å². The minimum absolute atomic E-state index is 0.0290. The van der Waals surface area contributed by atoms with Gasteiger partial charge in [0.1, 0.15) is 0 Å². The van der Waals surface area contributed by atoms with Crippen LogP contribution in [0.2, 0.25) is 19.1 Å². The lowest BCUT2D eigenvalue weighted by Gasteiger charge is -2.31. The largest absolute Gasteiger partial charge is 0.434 e. The summed E-state index contributed by atoms with van der Waals surface area (Å²) in [5.74, 6) is 0. The van der Waals surface area contributed by atoms with Crippen molar-refractivity contribution in [3.63, 3.8) is 0 Å². The Bertz CT molecular complexity index is 386. The van der Waals surface area contributed by atoms with Gasteiger partial charge in [-0.05, 0) is 24.3 Å². The third-order valence-corrected chi connectivity index (χ3v) is 9.86. The Balaban J connectivity index is 2.90. The zero-order chi connectivity index (χ0) is 14.5. The van der Waals surface area contributed by atoms with Gasteiger partial charge < -0.3 is 8.54 Å². The van der Waals surface area contributed by atoms with Crippen LogP contribution in [0.25, 0.3) is 0 Å². The lowest BCUT2D eigenvalue weighted by atomic mass is 10.4. The van der Waals surface area contributed by atoms with Crippen molar-refractivity contribution >= 4 is 22.8 Å². The van der Waals surface area contributed by atoms with Crippen molar-refractivity contribution in [2.45, 2.75) is 31.7 Å². The quantitative estimate of drug-likeness (QED) is 0.752. The van der Waals surface area contributed by atoms with Crippen LogP contribution in [0.1, 0.15) is 6.42 Å². The highest BCUT2D eigenvalue weighted by molar-refractivity contribution is 6.89. The Morgan fingerprint density at radius 1 is 1.21 bits per heavy atom. The van der Waals surface area contributed by atoms with E-state index in [1.54, 1.807) is 7.11 Å². The van der Waals surface area contributed by atoms with Crippen molar-refractivity contribution in [2.75, 3.05) is 7.11 Å². The number of hydrogen-bond acceptors (Lipinski definition) is 2. The molecular formula is C12H19F3O2Si2. The van der Waals surface area contributed by atoms with Crippen LogP contribution in [-0.2, 0) is 8.54 Å². The molecule has 1 aromatic carbocycles. The molecule has 0 radical (unpaired) electrons. The van der Waals surface area contributed by atoms with Gasteiger partial charge in [-0.2, -0.15) is 13.2 Å². The van der Waals surface area contributed by atoms with Gasteiger partial charge >= 0.3 is 15.5 Å². The molecule has 1 rings (SSSR count). The fourth-order valence-corrected chi connectivity index (χ4v) is 8.13. The van der Waals surface area contributed by atoms with E-state index < -0.39 is 30.2 Å². The van der Waals surface area contributed by atoms with Gasteiger partial charge in [0.05, 0.1) is 0 Å². The first kappa shape index (κ1) is 16.4. The van der Waals surface area contributed by atoms with Gasteiger partial charge in [0.15, 0.2) is 0 Å². The molecule has 0 saturated heterocycles. The van der Waals surface area contributed by atoms with Crippen LogP contribution >= 0.6 is 0 Å². The summed E-state index contributed by atoms with van der Waals surface area (Å²) in [5.41, 5.74) is 0. The third-order valence-electron chi connectivity index (χ3n) is 3.03. The first-order chi connectivity index (χ1) is 8.77. The van der Waals surface area contributed by atoms with E-state index in [4.69, 9.17) is 8.54 Å². The van der Waals surface area contributed by atoms with Crippen LogP contribution in [0.5, 0.6) is 0 Å². The van der Waals surface area contributed by atoms with E-state index in [2.05, 4.69) is 0 Å². The summed E-state index contributed by atoms with van der Waals surface area (Å²) in [5, 5.41) is 0.885. The molecule has 0 fully saturated rings. The molecule has 19 heavy (non-hydrogen) atoms. The van der Waals surface area contributed by atoms with Crippen molar-refractivity contribution in [1.29, 1.82) is 0 Å². The summed E-state index contributed by atoms with van der Waals surface area (Å²) in [7, 11) is -2.93. The average molecular weight is 308 g/mol. The Morgan fingerprint density at radius 2 is 1.79 bits per heavy atom. The number of hydrogen-bond donors (Lipinski definition) is 0. The predicted octanol–water partition coefficient (Wildman–Crippen LogP) is 2.93. The first-order valence-corrected chi connectivity index (χ1v) is 10.8. The van der Waals surface area contributed by atoms with Crippen LogP contribution in [0.4, 0.5) is 13.2 Å². The van der Waals surface area contributed by atoms with E-state index in [-0.39, 0.29) is 6.04 Å². The fraction of sp³-hybridized carbons (Fsp3) is 0.500. The number of rotatable bonds is 6. The van der Waals surface area contributed by atoms with Crippen LogP contribution in [0.3, 0.4) is 0 Å². The number of benzene rings is 1. The maximum Gasteiger partial charge on any atom is 0.388 e. The molecule has 0 heterocycles. The molecular weight excluding hydrogens is 289 g/mol. The molecule has 7 heteroatoms. The molecule has 0 saturated carbocycles.